The van der Waals surface area contributed by atoms with Crippen molar-refractivity contribution in [3.8, 4) is 11.1 Å². The topological polar surface area (TPSA) is 15.8 Å². The summed E-state index contributed by atoms with van der Waals surface area (Å²) >= 11 is 0. The van der Waals surface area contributed by atoms with Gasteiger partial charge in [-0.3, -0.25) is 0 Å². The van der Waals surface area contributed by atoms with E-state index in [-0.39, 0.29) is 0 Å². The molecule has 0 fully saturated rings. The van der Waals surface area contributed by atoms with Gasteiger partial charge in [0.05, 0.1) is 5.52 Å². The molecule has 0 bridgehead atoms. The number of benzene rings is 3. The molecule has 1 N–H and O–H groups in total. The summed E-state index contributed by atoms with van der Waals surface area (Å²) in [4.78, 5) is 3.48. The fraction of sp³-hybridized carbons (Fsp3) is 0.143. The second-order valence-corrected chi connectivity index (χ2v) is 6.10. The van der Waals surface area contributed by atoms with Crippen molar-refractivity contribution in [2.24, 2.45) is 0 Å². The average molecular weight is 284 g/mol. The molecule has 1 heteroatoms. The van der Waals surface area contributed by atoms with Gasteiger partial charge in [0, 0.05) is 22.4 Å². The van der Waals surface area contributed by atoms with Crippen molar-refractivity contribution in [1.29, 1.82) is 0 Å². The molecule has 0 aliphatic carbocycles. The van der Waals surface area contributed by atoms with E-state index >= 15 is 0 Å². The number of aromatic amines is 1. The molecule has 0 saturated carbocycles. The maximum Gasteiger partial charge on any atom is 0.0551 e. The van der Waals surface area contributed by atoms with Crippen molar-refractivity contribution in [2.45, 2.75) is 20.8 Å². The zero-order chi connectivity index (χ0) is 15.3. The van der Waals surface area contributed by atoms with E-state index in [1.807, 2.05) is 0 Å². The molecule has 1 radical (unpaired) electrons. The number of hydrogen-bond acceptors (Lipinski definition) is 0. The lowest BCUT2D eigenvalue weighted by atomic mass is 9.93. The molecule has 1 aromatic heterocycles. The quantitative estimate of drug-likeness (QED) is 0.460. The van der Waals surface area contributed by atoms with Crippen LogP contribution in [0.25, 0.3) is 32.9 Å². The molecule has 107 valence electrons. The van der Waals surface area contributed by atoms with Gasteiger partial charge in [-0.2, -0.15) is 0 Å². The highest BCUT2D eigenvalue weighted by atomic mass is 14.7. The second kappa shape index (κ2) is 4.74. The van der Waals surface area contributed by atoms with Gasteiger partial charge in [-0.05, 0) is 49.1 Å². The maximum absolute atomic E-state index is 3.58. The Morgan fingerprint density at radius 1 is 0.818 bits per heavy atom. The van der Waals surface area contributed by atoms with Crippen molar-refractivity contribution < 1.29 is 0 Å². The van der Waals surface area contributed by atoms with Crippen molar-refractivity contribution in [1.82, 2.24) is 4.98 Å². The SMILES string of the molecule is Cc1cc(C)c(-c2[c]c3[nH]c4ccccc4c3cc2)c(C)c1. The molecule has 3 aromatic carbocycles. The van der Waals surface area contributed by atoms with Crippen LogP contribution in [-0.2, 0) is 0 Å². The lowest BCUT2D eigenvalue weighted by Gasteiger charge is -2.11. The molecule has 0 saturated heterocycles. The molecule has 0 atom stereocenters. The third-order valence-corrected chi connectivity index (χ3v) is 4.37. The Bertz CT molecular complexity index is 982. The standard InChI is InChI=1S/C21H18N/c1-13-10-14(2)21(15(3)11-13)16-8-9-18-17-6-4-5-7-19(17)22-20(18)12-16/h4-11,22H,1-3H3. The Balaban J connectivity index is 1.99. The molecule has 1 heterocycles. The van der Waals surface area contributed by atoms with Gasteiger partial charge in [0.2, 0.25) is 0 Å². The summed E-state index contributed by atoms with van der Waals surface area (Å²) in [6, 6.07) is 20.9. The Labute approximate surface area is 130 Å². The third kappa shape index (κ3) is 1.93. The zero-order valence-electron chi connectivity index (χ0n) is 13.1. The van der Waals surface area contributed by atoms with Crippen LogP contribution < -0.4 is 0 Å². The molecule has 4 rings (SSSR count). The number of aryl methyl sites for hydroxylation is 3. The van der Waals surface area contributed by atoms with Crippen LogP contribution in [0.5, 0.6) is 0 Å². The van der Waals surface area contributed by atoms with E-state index in [1.54, 1.807) is 0 Å². The molecule has 0 spiro atoms. The first kappa shape index (κ1) is 13.1. The molecule has 0 aliphatic heterocycles. The van der Waals surface area contributed by atoms with E-state index in [0.29, 0.717) is 0 Å². The van der Waals surface area contributed by atoms with E-state index < -0.39 is 0 Å². The van der Waals surface area contributed by atoms with Crippen molar-refractivity contribution >= 4 is 21.8 Å². The van der Waals surface area contributed by atoms with Gasteiger partial charge in [0.25, 0.3) is 0 Å². The fourth-order valence-corrected chi connectivity index (χ4v) is 3.53. The first-order valence-corrected chi connectivity index (χ1v) is 7.64. The summed E-state index contributed by atoms with van der Waals surface area (Å²) in [6.07, 6.45) is 0. The number of para-hydroxylation sites is 1. The predicted octanol–water partition coefficient (Wildman–Crippen LogP) is 5.71. The Morgan fingerprint density at radius 2 is 1.55 bits per heavy atom. The summed E-state index contributed by atoms with van der Waals surface area (Å²) in [7, 11) is 0. The molecular weight excluding hydrogens is 266 g/mol. The van der Waals surface area contributed by atoms with Gasteiger partial charge in [-0.1, -0.05) is 48.0 Å². The van der Waals surface area contributed by atoms with E-state index in [2.05, 4.69) is 80.4 Å². The van der Waals surface area contributed by atoms with E-state index in [9.17, 15) is 0 Å². The minimum absolute atomic E-state index is 1.08. The van der Waals surface area contributed by atoms with Crippen LogP contribution in [0.15, 0.2) is 48.5 Å². The number of aromatic nitrogens is 1. The zero-order valence-corrected chi connectivity index (χ0v) is 13.1. The molecule has 0 amide bonds. The van der Waals surface area contributed by atoms with Gasteiger partial charge in [0.1, 0.15) is 0 Å². The highest BCUT2D eigenvalue weighted by Gasteiger charge is 2.10. The monoisotopic (exact) mass is 284 g/mol. The van der Waals surface area contributed by atoms with Crippen molar-refractivity contribution in [2.75, 3.05) is 0 Å². The predicted molar refractivity (Wildman–Crippen MR) is 94.3 cm³/mol. The highest BCUT2D eigenvalue weighted by Crippen LogP contribution is 2.32. The second-order valence-electron chi connectivity index (χ2n) is 6.10. The number of H-pyrrole nitrogens is 1. The van der Waals surface area contributed by atoms with Gasteiger partial charge < -0.3 is 4.98 Å². The van der Waals surface area contributed by atoms with Crippen LogP contribution in [-0.4, -0.2) is 4.98 Å². The molecular formula is C21H18N. The van der Waals surface area contributed by atoms with Gasteiger partial charge in [0.15, 0.2) is 0 Å². The first-order valence-electron chi connectivity index (χ1n) is 7.64. The summed E-state index contributed by atoms with van der Waals surface area (Å²) in [5.41, 5.74) is 8.64. The van der Waals surface area contributed by atoms with Crippen LogP contribution in [0.3, 0.4) is 0 Å². The number of fused-ring (bicyclic) bond motifs is 3. The minimum Gasteiger partial charge on any atom is -0.354 e. The molecule has 0 aliphatic rings. The van der Waals surface area contributed by atoms with E-state index in [4.69, 9.17) is 0 Å². The van der Waals surface area contributed by atoms with Crippen molar-refractivity contribution in [3.05, 3.63) is 71.3 Å². The van der Waals surface area contributed by atoms with Crippen LogP contribution in [0.1, 0.15) is 16.7 Å². The lowest BCUT2D eigenvalue weighted by Crippen LogP contribution is -1.90. The van der Waals surface area contributed by atoms with E-state index in [1.165, 1.54) is 38.5 Å². The Hall–Kier alpha value is -2.54. The molecule has 4 aromatic rings. The third-order valence-electron chi connectivity index (χ3n) is 4.37. The summed E-state index contributed by atoms with van der Waals surface area (Å²) in [5.74, 6) is 0. The van der Waals surface area contributed by atoms with Crippen LogP contribution in [0.2, 0.25) is 0 Å². The molecule has 0 unspecified atom stereocenters. The number of rotatable bonds is 1. The summed E-state index contributed by atoms with van der Waals surface area (Å²) < 4.78 is 0. The molecule has 1 nitrogen and oxygen atoms in total. The lowest BCUT2D eigenvalue weighted by molar-refractivity contribution is 1.32. The largest absolute Gasteiger partial charge is 0.354 e. The van der Waals surface area contributed by atoms with Gasteiger partial charge >= 0.3 is 0 Å². The Morgan fingerprint density at radius 3 is 2.32 bits per heavy atom. The summed E-state index contributed by atoms with van der Waals surface area (Å²) in [5, 5.41) is 2.50. The average Bonchev–Trinajstić information content (AvgIpc) is 2.84. The van der Waals surface area contributed by atoms with Crippen LogP contribution in [0, 0.1) is 26.8 Å². The smallest absolute Gasteiger partial charge is 0.0551 e. The summed E-state index contributed by atoms with van der Waals surface area (Å²) in [6.45, 7) is 6.51. The normalized spacial score (nSPS) is 11.4. The van der Waals surface area contributed by atoms with Crippen LogP contribution in [0.4, 0.5) is 0 Å². The number of hydrogen-bond donors (Lipinski definition) is 1. The van der Waals surface area contributed by atoms with Crippen molar-refractivity contribution in [3.63, 3.8) is 0 Å². The number of nitrogens with one attached hydrogen (secondary N) is 1. The van der Waals surface area contributed by atoms with Gasteiger partial charge in [-0.25, -0.2) is 0 Å². The Kier molecular flexibility index (Phi) is 2.83. The van der Waals surface area contributed by atoms with Crippen LogP contribution >= 0.6 is 0 Å². The fourth-order valence-electron chi connectivity index (χ4n) is 3.53. The highest BCUT2D eigenvalue weighted by molar-refractivity contribution is 6.07. The van der Waals surface area contributed by atoms with Gasteiger partial charge in [-0.15, -0.1) is 0 Å². The van der Waals surface area contributed by atoms with E-state index in [0.717, 1.165) is 11.1 Å². The maximum atomic E-state index is 3.58. The minimum atomic E-state index is 1.08. The first-order chi connectivity index (χ1) is 10.6. The molecule has 22 heavy (non-hydrogen) atoms.